The molecule has 7 heteroatoms. The maximum Gasteiger partial charge on any atom is 0.250 e. The van der Waals surface area contributed by atoms with E-state index in [1.807, 2.05) is 41.3 Å². The summed E-state index contributed by atoms with van der Waals surface area (Å²) < 4.78 is 0. The second kappa shape index (κ2) is 15.7. The molecule has 0 aliphatic carbocycles. The minimum atomic E-state index is -0.244. The minimum Gasteiger partial charge on any atom is -0.370 e. The van der Waals surface area contributed by atoms with Crippen molar-refractivity contribution in [2.45, 2.75) is 58.4 Å². The Morgan fingerprint density at radius 2 is 1.79 bits per heavy atom. The number of nitrogens with two attached hydrogens (primary N) is 1. The van der Waals surface area contributed by atoms with E-state index in [9.17, 15) is 9.59 Å². The van der Waals surface area contributed by atoms with Crippen molar-refractivity contribution in [1.29, 1.82) is 0 Å². The van der Waals surface area contributed by atoms with E-state index in [0.29, 0.717) is 13.0 Å². The molecule has 33 heavy (non-hydrogen) atoms. The SMILES string of the molecule is CCCNNCc1ccc(N(CCCCCCCC(N)=O)C(=O)/C=C/c2cccnc2)cc1. The quantitative estimate of drug-likeness (QED) is 0.204. The number of aromatic nitrogens is 1. The smallest absolute Gasteiger partial charge is 0.250 e. The molecule has 7 nitrogen and oxygen atoms in total. The summed E-state index contributed by atoms with van der Waals surface area (Å²) in [7, 11) is 0. The predicted octanol–water partition coefficient (Wildman–Crippen LogP) is 3.96. The van der Waals surface area contributed by atoms with Crippen molar-refractivity contribution in [2.24, 2.45) is 5.73 Å². The van der Waals surface area contributed by atoms with Crippen molar-refractivity contribution < 1.29 is 9.59 Å². The Bertz CT molecular complexity index is 853. The first kappa shape index (κ1) is 26.2. The zero-order chi connectivity index (χ0) is 23.7. The lowest BCUT2D eigenvalue weighted by atomic mass is 10.1. The summed E-state index contributed by atoms with van der Waals surface area (Å²) in [4.78, 5) is 29.8. The van der Waals surface area contributed by atoms with Gasteiger partial charge in [-0.05, 0) is 54.7 Å². The number of carbonyl (C=O) groups is 2. The molecule has 0 atom stereocenters. The van der Waals surface area contributed by atoms with Crippen LogP contribution < -0.4 is 21.5 Å². The number of anilines is 1. The number of hydrazine groups is 1. The fraction of sp³-hybridized carbons (Fsp3) is 0.423. The summed E-state index contributed by atoms with van der Waals surface area (Å²) in [5, 5.41) is 0. The lowest BCUT2D eigenvalue weighted by molar-refractivity contribution is -0.118. The molecule has 0 saturated heterocycles. The molecule has 0 bridgehead atoms. The third kappa shape index (κ3) is 10.9. The topological polar surface area (TPSA) is 100 Å². The lowest BCUT2D eigenvalue weighted by Crippen LogP contribution is -2.32. The number of nitrogens with zero attached hydrogens (tertiary/aromatic N) is 2. The number of carbonyl (C=O) groups excluding carboxylic acids is 2. The molecule has 0 spiro atoms. The monoisotopic (exact) mass is 451 g/mol. The number of amides is 2. The first-order valence-electron chi connectivity index (χ1n) is 11.8. The second-order valence-electron chi connectivity index (χ2n) is 8.04. The standard InChI is InChI=1S/C26H37N5O2/c1-2-17-29-30-21-23-11-14-24(15-12-23)31(19-7-5-3-4-6-10-25(27)32)26(33)16-13-22-9-8-18-28-20-22/h8-9,11-16,18,20,29-30H,2-7,10,17,19,21H2,1H3,(H2,27,32)/b16-13+. The molecule has 2 amide bonds. The van der Waals surface area contributed by atoms with Gasteiger partial charge in [-0.2, -0.15) is 0 Å². The van der Waals surface area contributed by atoms with Crippen molar-refractivity contribution >= 4 is 23.6 Å². The molecule has 1 heterocycles. The van der Waals surface area contributed by atoms with Gasteiger partial charge in [-0.25, -0.2) is 0 Å². The summed E-state index contributed by atoms with van der Waals surface area (Å²) in [6.07, 6.45) is 13.1. The predicted molar refractivity (Wildman–Crippen MR) is 134 cm³/mol. The number of pyridine rings is 1. The number of hydrogen-bond donors (Lipinski definition) is 3. The number of nitrogens with one attached hydrogen (secondary N) is 2. The van der Waals surface area contributed by atoms with E-state index in [1.165, 1.54) is 0 Å². The van der Waals surface area contributed by atoms with E-state index in [2.05, 4.69) is 22.8 Å². The van der Waals surface area contributed by atoms with Crippen LogP contribution in [0.15, 0.2) is 54.9 Å². The summed E-state index contributed by atoms with van der Waals surface area (Å²) >= 11 is 0. The fourth-order valence-corrected chi connectivity index (χ4v) is 3.37. The summed E-state index contributed by atoms with van der Waals surface area (Å²) in [5.41, 5.74) is 14.5. The molecular formula is C26H37N5O2. The number of rotatable bonds is 16. The van der Waals surface area contributed by atoms with Crippen LogP contribution in [0.1, 0.15) is 63.0 Å². The normalized spacial score (nSPS) is 11.1. The first-order valence-corrected chi connectivity index (χ1v) is 11.8. The van der Waals surface area contributed by atoms with E-state index >= 15 is 0 Å². The van der Waals surface area contributed by atoms with E-state index in [0.717, 1.165) is 68.4 Å². The van der Waals surface area contributed by atoms with Crippen molar-refractivity contribution in [3.63, 3.8) is 0 Å². The molecule has 178 valence electrons. The van der Waals surface area contributed by atoms with Crippen LogP contribution in [0.2, 0.25) is 0 Å². The van der Waals surface area contributed by atoms with E-state index in [1.54, 1.807) is 24.5 Å². The van der Waals surface area contributed by atoms with Crippen molar-refractivity contribution in [3.8, 4) is 0 Å². The largest absolute Gasteiger partial charge is 0.370 e. The van der Waals surface area contributed by atoms with Crippen LogP contribution in [-0.4, -0.2) is 29.9 Å². The van der Waals surface area contributed by atoms with Gasteiger partial charge in [0.15, 0.2) is 0 Å². The molecule has 2 aromatic rings. The lowest BCUT2D eigenvalue weighted by Gasteiger charge is -2.22. The molecular weight excluding hydrogens is 414 g/mol. The Hall–Kier alpha value is -3.03. The van der Waals surface area contributed by atoms with E-state index in [4.69, 9.17) is 5.73 Å². The van der Waals surface area contributed by atoms with Crippen molar-refractivity contribution in [1.82, 2.24) is 15.8 Å². The van der Waals surface area contributed by atoms with Gasteiger partial charge < -0.3 is 10.6 Å². The Morgan fingerprint density at radius 1 is 1.03 bits per heavy atom. The molecule has 0 radical (unpaired) electrons. The molecule has 0 aliphatic rings. The first-order chi connectivity index (χ1) is 16.1. The van der Waals surface area contributed by atoms with Crippen LogP contribution in [0.25, 0.3) is 6.08 Å². The third-order valence-electron chi connectivity index (χ3n) is 5.21. The van der Waals surface area contributed by atoms with E-state index in [-0.39, 0.29) is 11.8 Å². The van der Waals surface area contributed by atoms with Crippen LogP contribution in [0.3, 0.4) is 0 Å². The number of unbranched alkanes of at least 4 members (excludes halogenated alkanes) is 4. The Kier molecular flexibility index (Phi) is 12.5. The van der Waals surface area contributed by atoms with Gasteiger partial charge in [0, 0.05) is 50.2 Å². The zero-order valence-electron chi connectivity index (χ0n) is 19.6. The average molecular weight is 452 g/mol. The van der Waals surface area contributed by atoms with Crippen LogP contribution in [-0.2, 0) is 16.1 Å². The third-order valence-corrected chi connectivity index (χ3v) is 5.21. The molecule has 1 aromatic carbocycles. The second-order valence-corrected chi connectivity index (χ2v) is 8.04. The summed E-state index contributed by atoms with van der Waals surface area (Å²) in [6.45, 7) is 4.41. The van der Waals surface area contributed by atoms with Gasteiger partial charge in [-0.3, -0.25) is 25.4 Å². The Balaban J connectivity index is 1.96. The average Bonchev–Trinajstić information content (AvgIpc) is 2.83. The molecule has 1 aromatic heterocycles. The molecule has 0 aliphatic heterocycles. The van der Waals surface area contributed by atoms with Gasteiger partial charge in [0.25, 0.3) is 5.91 Å². The minimum absolute atomic E-state index is 0.0527. The van der Waals surface area contributed by atoms with Gasteiger partial charge in [0.05, 0.1) is 0 Å². The highest BCUT2D eigenvalue weighted by Gasteiger charge is 2.13. The van der Waals surface area contributed by atoms with Gasteiger partial charge in [-0.15, -0.1) is 0 Å². The van der Waals surface area contributed by atoms with Gasteiger partial charge in [0.1, 0.15) is 0 Å². The number of benzene rings is 1. The summed E-state index contributed by atoms with van der Waals surface area (Å²) in [6, 6.07) is 11.9. The molecule has 4 N–H and O–H groups in total. The number of hydrogen-bond acceptors (Lipinski definition) is 5. The van der Waals surface area contributed by atoms with Crippen LogP contribution in [0.5, 0.6) is 0 Å². The Morgan fingerprint density at radius 3 is 2.48 bits per heavy atom. The highest BCUT2D eigenvalue weighted by Crippen LogP contribution is 2.18. The molecule has 0 fully saturated rings. The molecule has 0 saturated carbocycles. The van der Waals surface area contributed by atoms with Crippen LogP contribution in [0, 0.1) is 0 Å². The maximum atomic E-state index is 13.0. The highest BCUT2D eigenvalue weighted by atomic mass is 16.2. The van der Waals surface area contributed by atoms with Gasteiger partial charge in [0.2, 0.25) is 5.91 Å². The zero-order valence-corrected chi connectivity index (χ0v) is 19.6. The maximum absolute atomic E-state index is 13.0. The van der Waals surface area contributed by atoms with Gasteiger partial charge in [-0.1, -0.05) is 44.4 Å². The van der Waals surface area contributed by atoms with Crippen molar-refractivity contribution in [2.75, 3.05) is 18.0 Å². The van der Waals surface area contributed by atoms with Crippen LogP contribution >= 0.6 is 0 Å². The Labute approximate surface area is 197 Å². The summed E-state index contributed by atoms with van der Waals surface area (Å²) in [5.74, 6) is -0.296. The fourth-order valence-electron chi connectivity index (χ4n) is 3.37. The number of primary amides is 1. The van der Waals surface area contributed by atoms with Crippen LogP contribution in [0.4, 0.5) is 5.69 Å². The molecule has 0 unspecified atom stereocenters. The van der Waals surface area contributed by atoms with E-state index < -0.39 is 0 Å². The van der Waals surface area contributed by atoms with Gasteiger partial charge >= 0.3 is 0 Å². The van der Waals surface area contributed by atoms with Crippen molar-refractivity contribution in [3.05, 3.63) is 66.0 Å². The molecule has 2 rings (SSSR count). The highest BCUT2D eigenvalue weighted by molar-refractivity contribution is 6.03.